The van der Waals surface area contributed by atoms with Crippen LogP contribution in [-0.4, -0.2) is 12.2 Å². The van der Waals surface area contributed by atoms with Crippen LogP contribution in [0.3, 0.4) is 0 Å². The van der Waals surface area contributed by atoms with Crippen LogP contribution in [0.1, 0.15) is 39.0 Å². The molecule has 0 radical (unpaired) electrons. The summed E-state index contributed by atoms with van der Waals surface area (Å²) in [7, 11) is 0. The summed E-state index contributed by atoms with van der Waals surface area (Å²) in [5.74, 6) is 0.775. The molecule has 1 heterocycles. The van der Waals surface area contributed by atoms with E-state index < -0.39 is 0 Å². The highest BCUT2D eigenvalue weighted by molar-refractivity contribution is 4.98. The average molecular weight is 166 g/mol. The maximum absolute atomic E-state index is 5.98. The summed E-state index contributed by atoms with van der Waals surface area (Å²) in [4.78, 5) is 0. The summed E-state index contributed by atoms with van der Waals surface area (Å²) < 4.78 is 5.98. The Balaban J connectivity index is 2.08. The molecule has 0 N–H and O–H groups in total. The molecule has 0 aromatic heterocycles. The second-order valence-corrected chi connectivity index (χ2v) is 4.18. The third-order valence-corrected chi connectivity index (χ3v) is 3.50. The van der Waals surface area contributed by atoms with Gasteiger partial charge in [0, 0.05) is 0 Å². The standard InChI is InChI=1S/C11H18O/c1-10-6-5-8-11(10)7-3-2-4-9-12-11/h2,4,10H,3,5-9H2,1H3/t10-,11-/m1/s1. The van der Waals surface area contributed by atoms with Gasteiger partial charge in [-0.1, -0.05) is 25.5 Å². The minimum Gasteiger partial charge on any atom is -0.371 e. The number of allylic oxidation sites excluding steroid dienone is 1. The Kier molecular flexibility index (Phi) is 2.22. The first kappa shape index (κ1) is 8.31. The van der Waals surface area contributed by atoms with E-state index in [-0.39, 0.29) is 5.60 Å². The van der Waals surface area contributed by atoms with E-state index in [2.05, 4.69) is 19.1 Å². The SMILES string of the molecule is C[C@@H]1CCC[C@]12CCC=CCO2. The molecule has 1 heteroatoms. The zero-order valence-corrected chi connectivity index (χ0v) is 7.88. The second-order valence-electron chi connectivity index (χ2n) is 4.18. The largest absolute Gasteiger partial charge is 0.371 e. The van der Waals surface area contributed by atoms with Gasteiger partial charge >= 0.3 is 0 Å². The van der Waals surface area contributed by atoms with Gasteiger partial charge in [0.05, 0.1) is 12.2 Å². The summed E-state index contributed by atoms with van der Waals surface area (Å²) in [5, 5.41) is 0. The lowest BCUT2D eigenvalue weighted by Crippen LogP contribution is -2.34. The van der Waals surface area contributed by atoms with Crippen LogP contribution in [0.25, 0.3) is 0 Å². The van der Waals surface area contributed by atoms with Crippen LogP contribution in [-0.2, 0) is 4.74 Å². The van der Waals surface area contributed by atoms with Crippen LogP contribution >= 0.6 is 0 Å². The molecule has 0 bridgehead atoms. The van der Waals surface area contributed by atoms with Crippen molar-refractivity contribution in [3.8, 4) is 0 Å². The van der Waals surface area contributed by atoms with Crippen molar-refractivity contribution in [3.05, 3.63) is 12.2 Å². The fraction of sp³-hybridized carbons (Fsp3) is 0.818. The van der Waals surface area contributed by atoms with E-state index >= 15 is 0 Å². The predicted molar refractivity (Wildman–Crippen MR) is 50.1 cm³/mol. The van der Waals surface area contributed by atoms with Crippen LogP contribution in [0.4, 0.5) is 0 Å². The molecule has 2 aliphatic rings. The molecule has 12 heavy (non-hydrogen) atoms. The molecular weight excluding hydrogens is 148 g/mol. The zero-order valence-electron chi connectivity index (χ0n) is 7.88. The molecule has 1 saturated carbocycles. The van der Waals surface area contributed by atoms with Crippen molar-refractivity contribution >= 4 is 0 Å². The van der Waals surface area contributed by atoms with Crippen LogP contribution in [0, 0.1) is 5.92 Å². The number of rotatable bonds is 0. The second kappa shape index (κ2) is 3.21. The van der Waals surface area contributed by atoms with Crippen LogP contribution in [0.5, 0.6) is 0 Å². The topological polar surface area (TPSA) is 9.23 Å². The van der Waals surface area contributed by atoms with Crippen molar-refractivity contribution in [2.45, 2.75) is 44.6 Å². The average Bonchev–Trinajstić information content (AvgIpc) is 2.33. The number of ether oxygens (including phenoxy) is 1. The molecule has 1 aliphatic carbocycles. The molecule has 0 aromatic carbocycles. The molecule has 68 valence electrons. The quantitative estimate of drug-likeness (QED) is 0.503. The van der Waals surface area contributed by atoms with Gasteiger partial charge in [0.15, 0.2) is 0 Å². The van der Waals surface area contributed by atoms with Gasteiger partial charge in [0.2, 0.25) is 0 Å². The molecule has 1 aliphatic heterocycles. The van der Waals surface area contributed by atoms with Gasteiger partial charge in [0.25, 0.3) is 0 Å². The van der Waals surface area contributed by atoms with E-state index in [1.54, 1.807) is 0 Å². The molecule has 0 unspecified atom stereocenters. The van der Waals surface area contributed by atoms with Crippen molar-refractivity contribution in [2.75, 3.05) is 6.61 Å². The highest BCUT2D eigenvalue weighted by Crippen LogP contribution is 2.42. The highest BCUT2D eigenvalue weighted by atomic mass is 16.5. The Morgan fingerprint density at radius 2 is 2.25 bits per heavy atom. The fourth-order valence-electron chi connectivity index (χ4n) is 2.60. The number of hydrogen-bond acceptors (Lipinski definition) is 1. The first-order chi connectivity index (χ1) is 5.83. The smallest absolute Gasteiger partial charge is 0.0715 e. The minimum atomic E-state index is 0.253. The molecule has 1 nitrogen and oxygen atoms in total. The zero-order chi connectivity index (χ0) is 8.44. The van der Waals surface area contributed by atoms with Crippen molar-refractivity contribution in [3.63, 3.8) is 0 Å². The molecule has 1 spiro atoms. The first-order valence-corrected chi connectivity index (χ1v) is 5.12. The van der Waals surface area contributed by atoms with Crippen molar-refractivity contribution in [1.29, 1.82) is 0 Å². The van der Waals surface area contributed by atoms with E-state index in [1.807, 2.05) is 0 Å². The van der Waals surface area contributed by atoms with Crippen LogP contribution < -0.4 is 0 Å². The lowest BCUT2D eigenvalue weighted by Gasteiger charge is -2.32. The first-order valence-electron chi connectivity index (χ1n) is 5.12. The highest BCUT2D eigenvalue weighted by Gasteiger charge is 2.40. The van der Waals surface area contributed by atoms with Gasteiger partial charge in [-0.25, -0.2) is 0 Å². The Bertz CT molecular complexity index is 173. The fourth-order valence-corrected chi connectivity index (χ4v) is 2.60. The Hall–Kier alpha value is -0.300. The van der Waals surface area contributed by atoms with Gasteiger partial charge < -0.3 is 4.74 Å². The van der Waals surface area contributed by atoms with Crippen molar-refractivity contribution < 1.29 is 4.74 Å². The van der Waals surface area contributed by atoms with Gasteiger partial charge in [-0.05, 0) is 31.6 Å². The van der Waals surface area contributed by atoms with E-state index in [0.717, 1.165) is 12.5 Å². The Morgan fingerprint density at radius 1 is 1.33 bits per heavy atom. The van der Waals surface area contributed by atoms with Gasteiger partial charge in [0.1, 0.15) is 0 Å². The molecule has 2 rings (SSSR count). The number of hydrogen-bond donors (Lipinski definition) is 0. The van der Waals surface area contributed by atoms with Crippen LogP contribution in [0.15, 0.2) is 12.2 Å². The molecule has 0 aromatic rings. The van der Waals surface area contributed by atoms with Crippen molar-refractivity contribution in [1.82, 2.24) is 0 Å². The molecule has 0 saturated heterocycles. The van der Waals surface area contributed by atoms with E-state index in [1.165, 1.54) is 32.1 Å². The maximum Gasteiger partial charge on any atom is 0.0715 e. The van der Waals surface area contributed by atoms with Crippen molar-refractivity contribution in [2.24, 2.45) is 5.92 Å². The molecule has 1 fully saturated rings. The lowest BCUT2D eigenvalue weighted by atomic mass is 9.88. The van der Waals surface area contributed by atoms with Gasteiger partial charge in [-0.15, -0.1) is 0 Å². The summed E-state index contributed by atoms with van der Waals surface area (Å²) in [6, 6.07) is 0. The summed E-state index contributed by atoms with van der Waals surface area (Å²) >= 11 is 0. The monoisotopic (exact) mass is 166 g/mol. The summed E-state index contributed by atoms with van der Waals surface area (Å²) in [6.07, 6.45) is 10.9. The summed E-state index contributed by atoms with van der Waals surface area (Å²) in [6.45, 7) is 3.18. The van der Waals surface area contributed by atoms with E-state index in [0.29, 0.717) is 0 Å². The molecular formula is C11H18O. The lowest BCUT2D eigenvalue weighted by molar-refractivity contribution is -0.0573. The summed E-state index contributed by atoms with van der Waals surface area (Å²) in [5.41, 5.74) is 0.253. The van der Waals surface area contributed by atoms with E-state index in [4.69, 9.17) is 4.74 Å². The normalized spacial score (nSPS) is 41.9. The minimum absolute atomic E-state index is 0.253. The van der Waals surface area contributed by atoms with E-state index in [9.17, 15) is 0 Å². The molecule has 2 atom stereocenters. The van der Waals surface area contributed by atoms with Gasteiger partial charge in [-0.3, -0.25) is 0 Å². The van der Waals surface area contributed by atoms with Crippen LogP contribution in [0.2, 0.25) is 0 Å². The molecule has 0 amide bonds. The third-order valence-electron chi connectivity index (χ3n) is 3.50. The Labute approximate surface area is 74.8 Å². The Morgan fingerprint density at radius 3 is 3.00 bits per heavy atom. The third kappa shape index (κ3) is 1.31. The van der Waals surface area contributed by atoms with Gasteiger partial charge in [-0.2, -0.15) is 0 Å². The predicted octanol–water partition coefficient (Wildman–Crippen LogP) is 2.91. The maximum atomic E-state index is 5.98.